The molecule has 2 N–H and O–H groups in total. The molecule has 5 heteroatoms. The molecule has 0 aromatic carbocycles. The minimum absolute atomic E-state index is 0.135. The molecule has 0 unspecified atom stereocenters. The predicted octanol–water partition coefficient (Wildman–Crippen LogP) is -0.591. The maximum atomic E-state index is 11.1. The lowest BCUT2D eigenvalue weighted by atomic mass is 10.1. The molecule has 5 nitrogen and oxygen atoms in total. The van der Waals surface area contributed by atoms with E-state index in [1.165, 1.54) is 0 Å². The Hall–Kier alpha value is -0.810. The molecule has 0 saturated carbocycles. The first-order valence-corrected chi connectivity index (χ1v) is 4.54. The smallest absolute Gasteiger partial charge is 0.409 e. The molecule has 1 fully saturated rings. The van der Waals surface area contributed by atoms with Gasteiger partial charge in [0.15, 0.2) is 0 Å². The Labute approximate surface area is 77.7 Å². The second kappa shape index (κ2) is 5.04. The van der Waals surface area contributed by atoms with E-state index in [4.69, 9.17) is 9.84 Å². The van der Waals surface area contributed by atoms with Crippen molar-refractivity contribution >= 4 is 6.09 Å². The van der Waals surface area contributed by atoms with Crippen molar-refractivity contribution in [1.82, 2.24) is 10.2 Å². The number of aliphatic hydroxyl groups excluding tert-OH is 1. The molecular weight excluding hydrogens is 172 g/mol. The van der Waals surface area contributed by atoms with E-state index in [9.17, 15) is 4.79 Å². The topological polar surface area (TPSA) is 61.8 Å². The number of hydrogen-bond donors (Lipinski definition) is 2. The van der Waals surface area contributed by atoms with Gasteiger partial charge in [-0.1, -0.05) is 0 Å². The summed E-state index contributed by atoms with van der Waals surface area (Å²) in [4.78, 5) is 12.7. The number of nitrogens with one attached hydrogen (secondary N) is 1. The van der Waals surface area contributed by atoms with Crippen LogP contribution in [-0.4, -0.2) is 55.0 Å². The molecule has 1 amide bonds. The number of likely N-dealkylation sites (tertiary alicyclic amines) is 1. The fourth-order valence-corrected chi connectivity index (χ4v) is 1.24. The molecule has 1 aliphatic rings. The highest BCUT2D eigenvalue weighted by molar-refractivity contribution is 5.68. The molecule has 0 aromatic rings. The Balaban J connectivity index is 2.07. The van der Waals surface area contributed by atoms with Crippen LogP contribution in [0.5, 0.6) is 0 Å². The Kier molecular flexibility index (Phi) is 3.98. The van der Waals surface area contributed by atoms with Gasteiger partial charge in [-0.05, 0) is 6.92 Å². The summed E-state index contributed by atoms with van der Waals surface area (Å²) in [5.41, 5.74) is 0. The molecule has 0 radical (unpaired) electrons. The SMILES string of the molecule is CCOC(=O)N1CC(NCCO)C1. The van der Waals surface area contributed by atoms with Crippen LogP contribution in [0.3, 0.4) is 0 Å². The number of carbonyl (C=O) groups excluding carboxylic acids is 1. The highest BCUT2D eigenvalue weighted by Gasteiger charge is 2.30. The lowest BCUT2D eigenvalue weighted by Crippen LogP contribution is -2.60. The van der Waals surface area contributed by atoms with E-state index in [0.29, 0.717) is 32.3 Å². The van der Waals surface area contributed by atoms with Crippen LogP contribution < -0.4 is 5.32 Å². The number of carbonyl (C=O) groups is 1. The third kappa shape index (κ3) is 2.86. The van der Waals surface area contributed by atoms with Gasteiger partial charge < -0.3 is 20.1 Å². The van der Waals surface area contributed by atoms with Crippen LogP contribution in [0.15, 0.2) is 0 Å². The molecular formula is C8H16N2O3. The summed E-state index contributed by atoms with van der Waals surface area (Å²) in [5, 5.41) is 11.6. The average molecular weight is 188 g/mol. The van der Waals surface area contributed by atoms with E-state index in [-0.39, 0.29) is 12.7 Å². The monoisotopic (exact) mass is 188 g/mol. The Morgan fingerprint density at radius 2 is 2.38 bits per heavy atom. The van der Waals surface area contributed by atoms with E-state index < -0.39 is 0 Å². The van der Waals surface area contributed by atoms with Crippen molar-refractivity contribution in [3.8, 4) is 0 Å². The molecule has 0 bridgehead atoms. The number of hydrogen-bond acceptors (Lipinski definition) is 4. The first-order valence-electron chi connectivity index (χ1n) is 4.54. The summed E-state index contributed by atoms with van der Waals surface area (Å²) >= 11 is 0. The van der Waals surface area contributed by atoms with Crippen molar-refractivity contribution in [2.45, 2.75) is 13.0 Å². The maximum Gasteiger partial charge on any atom is 0.409 e. The second-order valence-corrected chi connectivity index (χ2v) is 2.98. The summed E-state index contributed by atoms with van der Waals surface area (Å²) in [6.07, 6.45) is -0.246. The fraction of sp³-hybridized carbons (Fsp3) is 0.875. The standard InChI is InChI=1S/C8H16N2O3/c1-2-13-8(12)10-5-7(6-10)9-3-4-11/h7,9,11H,2-6H2,1H3. The van der Waals surface area contributed by atoms with E-state index in [2.05, 4.69) is 5.32 Å². The first kappa shape index (κ1) is 10.3. The largest absolute Gasteiger partial charge is 0.450 e. The van der Waals surface area contributed by atoms with Gasteiger partial charge in [0.05, 0.1) is 13.2 Å². The number of ether oxygens (including phenoxy) is 1. The number of rotatable bonds is 4. The van der Waals surface area contributed by atoms with Gasteiger partial charge in [0.1, 0.15) is 0 Å². The molecule has 1 saturated heterocycles. The molecule has 76 valence electrons. The van der Waals surface area contributed by atoms with Crippen LogP contribution >= 0.6 is 0 Å². The number of nitrogens with zero attached hydrogens (tertiary/aromatic N) is 1. The van der Waals surface area contributed by atoms with Gasteiger partial charge in [0.2, 0.25) is 0 Å². The normalized spacial score (nSPS) is 16.9. The highest BCUT2D eigenvalue weighted by Crippen LogP contribution is 2.08. The molecule has 0 spiro atoms. The summed E-state index contributed by atoms with van der Waals surface area (Å²) in [6.45, 7) is 4.29. The lowest BCUT2D eigenvalue weighted by molar-refractivity contribution is 0.0674. The van der Waals surface area contributed by atoms with Crippen molar-refractivity contribution in [1.29, 1.82) is 0 Å². The second-order valence-electron chi connectivity index (χ2n) is 2.98. The molecule has 0 aromatic heterocycles. The average Bonchev–Trinajstić information content (AvgIpc) is 2.02. The molecule has 1 aliphatic heterocycles. The molecule has 0 aliphatic carbocycles. The minimum atomic E-state index is -0.246. The van der Waals surface area contributed by atoms with Gasteiger partial charge in [-0.25, -0.2) is 4.79 Å². The van der Waals surface area contributed by atoms with E-state index in [1.807, 2.05) is 0 Å². The predicted molar refractivity (Wildman–Crippen MR) is 47.5 cm³/mol. The fourth-order valence-electron chi connectivity index (χ4n) is 1.24. The van der Waals surface area contributed by atoms with E-state index in [0.717, 1.165) is 0 Å². The summed E-state index contributed by atoms with van der Waals surface area (Å²) in [6, 6.07) is 0.316. The third-order valence-electron chi connectivity index (χ3n) is 1.95. The van der Waals surface area contributed by atoms with E-state index >= 15 is 0 Å². The van der Waals surface area contributed by atoms with Crippen molar-refractivity contribution in [2.24, 2.45) is 0 Å². The first-order chi connectivity index (χ1) is 6.27. The van der Waals surface area contributed by atoms with Crippen LogP contribution in [0.1, 0.15) is 6.92 Å². The van der Waals surface area contributed by atoms with Gasteiger partial charge in [-0.2, -0.15) is 0 Å². The van der Waals surface area contributed by atoms with Gasteiger partial charge in [0, 0.05) is 25.7 Å². The third-order valence-corrected chi connectivity index (χ3v) is 1.95. The van der Waals surface area contributed by atoms with Gasteiger partial charge in [-0.15, -0.1) is 0 Å². The Bertz CT molecular complexity index is 169. The molecule has 1 rings (SSSR count). The summed E-state index contributed by atoms with van der Waals surface area (Å²) in [5.74, 6) is 0. The zero-order valence-electron chi connectivity index (χ0n) is 7.82. The number of amides is 1. The van der Waals surface area contributed by atoms with Gasteiger partial charge in [-0.3, -0.25) is 0 Å². The summed E-state index contributed by atoms with van der Waals surface area (Å²) < 4.78 is 4.81. The minimum Gasteiger partial charge on any atom is -0.450 e. The van der Waals surface area contributed by atoms with Crippen LogP contribution in [0.25, 0.3) is 0 Å². The lowest BCUT2D eigenvalue weighted by Gasteiger charge is -2.38. The number of aliphatic hydroxyl groups is 1. The van der Waals surface area contributed by atoms with Crippen molar-refractivity contribution < 1.29 is 14.6 Å². The summed E-state index contributed by atoms with van der Waals surface area (Å²) in [7, 11) is 0. The molecule has 13 heavy (non-hydrogen) atoms. The van der Waals surface area contributed by atoms with Crippen LogP contribution in [0.4, 0.5) is 4.79 Å². The van der Waals surface area contributed by atoms with Crippen molar-refractivity contribution in [3.63, 3.8) is 0 Å². The quantitative estimate of drug-likeness (QED) is 0.619. The molecule has 0 atom stereocenters. The van der Waals surface area contributed by atoms with Gasteiger partial charge >= 0.3 is 6.09 Å². The van der Waals surface area contributed by atoms with Crippen LogP contribution in [-0.2, 0) is 4.74 Å². The zero-order valence-corrected chi connectivity index (χ0v) is 7.82. The highest BCUT2D eigenvalue weighted by atomic mass is 16.6. The van der Waals surface area contributed by atoms with Gasteiger partial charge in [0.25, 0.3) is 0 Å². The van der Waals surface area contributed by atoms with Crippen LogP contribution in [0, 0.1) is 0 Å². The Morgan fingerprint density at radius 1 is 1.69 bits per heavy atom. The Morgan fingerprint density at radius 3 is 2.92 bits per heavy atom. The van der Waals surface area contributed by atoms with Crippen molar-refractivity contribution in [3.05, 3.63) is 0 Å². The van der Waals surface area contributed by atoms with Crippen molar-refractivity contribution in [2.75, 3.05) is 32.8 Å². The molecule has 1 heterocycles. The zero-order chi connectivity index (χ0) is 9.68. The maximum absolute atomic E-state index is 11.1. The van der Waals surface area contributed by atoms with Crippen LogP contribution in [0.2, 0.25) is 0 Å². The van der Waals surface area contributed by atoms with E-state index in [1.54, 1.807) is 11.8 Å².